The molecule has 1 saturated carbocycles. The van der Waals surface area contributed by atoms with Gasteiger partial charge < -0.3 is 15.2 Å². The molecule has 1 heterocycles. The van der Waals surface area contributed by atoms with Gasteiger partial charge in [-0.2, -0.15) is 0 Å². The molecule has 0 bridgehead atoms. The van der Waals surface area contributed by atoms with Crippen LogP contribution in [0.3, 0.4) is 0 Å². The summed E-state index contributed by atoms with van der Waals surface area (Å²) in [5, 5.41) is 0. The zero-order chi connectivity index (χ0) is 12.8. The largest absolute Gasteiger partial charge is 0.453 e. The van der Waals surface area contributed by atoms with Crippen LogP contribution < -0.4 is 15.2 Å². The van der Waals surface area contributed by atoms with Gasteiger partial charge in [0.25, 0.3) is 0 Å². The molecule has 0 saturated heterocycles. The predicted octanol–water partition coefficient (Wildman–Crippen LogP) is 2.72. The number of hydrogen-bond donors (Lipinski definition) is 1. The number of rotatable bonds is 2. The highest BCUT2D eigenvalue weighted by molar-refractivity contribution is 9.10. The van der Waals surface area contributed by atoms with E-state index in [9.17, 15) is 4.79 Å². The van der Waals surface area contributed by atoms with E-state index in [4.69, 9.17) is 15.2 Å². The maximum absolute atomic E-state index is 11.0. The highest BCUT2D eigenvalue weighted by Gasteiger charge is 2.39. The fourth-order valence-electron chi connectivity index (χ4n) is 2.87. The lowest BCUT2D eigenvalue weighted by Gasteiger charge is -2.27. The van der Waals surface area contributed by atoms with E-state index in [1.165, 1.54) is 0 Å². The van der Waals surface area contributed by atoms with Crippen LogP contribution in [0.25, 0.3) is 0 Å². The van der Waals surface area contributed by atoms with Gasteiger partial charge in [-0.15, -0.1) is 0 Å². The van der Waals surface area contributed by atoms with Crippen molar-refractivity contribution in [1.29, 1.82) is 0 Å². The van der Waals surface area contributed by atoms with Crippen molar-refractivity contribution in [2.75, 3.05) is 6.79 Å². The minimum Gasteiger partial charge on any atom is -0.453 e. The maximum Gasteiger partial charge on any atom is 0.231 e. The Morgan fingerprint density at radius 3 is 2.61 bits per heavy atom. The second kappa shape index (κ2) is 4.24. The molecule has 96 valence electrons. The molecule has 5 heteroatoms. The Bertz CT molecular complexity index is 509. The highest BCUT2D eigenvalue weighted by Crippen LogP contribution is 2.50. The SMILES string of the molecule is NC1(c2c(Br)cc(C=O)c3c2OCO3)CCCC1. The van der Waals surface area contributed by atoms with Gasteiger partial charge in [-0.05, 0) is 18.9 Å². The van der Waals surface area contributed by atoms with E-state index >= 15 is 0 Å². The van der Waals surface area contributed by atoms with Crippen molar-refractivity contribution in [3.05, 3.63) is 21.7 Å². The van der Waals surface area contributed by atoms with Crippen LogP contribution in [0, 0.1) is 0 Å². The number of fused-ring (bicyclic) bond motifs is 1. The molecule has 1 aliphatic heterocycles. The summed E-state index contributed by atoms with van der Waals surface area (Å²) >= 11 is 3.51. The van der Waals surface area contributed by atoms with Crippen LogP contribution in [0.5, 0.6) is 11.5 Å². The Labute approximate surface area is 114 Å². The molecular weight excluding hydrogens is 298 g/mol. The van der Waals surface area contributed by atoms with E-state index in [2.05, 4.69) is 15.9 Å². The van der Waals surface area contributed by atoms with Crippen LogP contribution in [0.4, 0.5) is 0 Å². The van der Waals surface area contributed by atoms with Crippen molar-refractivity contribution < 1.29 is 14.3 Å². The maximum atomic E-state index is 11.0. The fourth-order valence-corrected chi connectivity index (χ4v) is 3.69. The molecular formula is C13H14BrNO3. The molecule has 1 aromatic rings. The quantitative estimate of drug-likeness (QED) is 0.853. The van der Waals surface area contributed by atoms with E-state index in [-0.39, 0.29) is 12.3 Å². The molecule has 4 nitrogen and oxygen atoms in total. The van der Waals surface area contributed by atoms with E-state index in [0.717, 1.165) is 42.0 Å². The minimum absolute atomic E-state index is 0.149. The molecule has 0 atom stereocenters. The zero-order valence-corrected chi connectivity index (χ0v) is 11.5. The zero-order valence-electron chi connectivity index (χ0n) is 9.87. The molecule has 2 N–H and O–H groups in total. The number of hydrogen-bond acceptors (Lipinski definition) is 4. The van der Waals surface area contributed by atoms with Crippen molar-refractivity contribution in [3.8, 4) is 11.5 Å². The Kier molecular flexibility index (Phi) is 2.83. The van der Waals surface area contributed by atoms with Gasteiger partial charge in [0.2, 0.25) is 6.79 Å². The summed E-state index contributed by atoms with van der Waals surface area (Å²) in [6.45, 7) is 0.149. The number of halogens is 1. The van der Waals surface area contributed by atoms with Crippen molar-refractivity contribution in [3.63, 3.8) is 0 Å². The molecule has 2 aliphatic rings. The van der Waals surface area contributed by atoms with Crippen molar-refractivity contribution in [1.82, 2.24) is 0 Å². The number of nitrogens with two attached hydrogens (primary N) is 1. The third kappa shape index (κ3) is 1.65. The normalized spacial score (nSPS) is 20.1. The molecule has 0 unspecified atom stereocenters. The van der Waals surface area contributed by atoms with Crippen molar-refractivity contribution in [2.45, 2.75) is 31.2 Å². The first-order valence-electron chi connectivity index (χ1n) is 6.02. The summed E-state index contributed by atoms with van der Waals surface area (Å²) in [7, 11) is 0. The molecule has 1 fully saturated rings. The minimum atomic E-state index is -0.377. The fraction of sp³-hybridized carbons (Fsp3) is 0.462. The smallest absolute Gasteiger partial charge is 0.231 e. The summed E-state index contributed by atoms with van der Waals surface area (Å²) < 4.78 is 11.8. The lowest BCUT2D eigenvalue weighted by Crippen LogP contribution is -2.33. The van der Waals surface area contributed by atoms with Crippen molar-refractivity contribution >= 4 is 22.2 Å². The second-order valence-electron chi connectivity index (χ2n) is 4.87. The first-order valence-corrected chi connectivity index (χ1v) is 6.82. The standard InChI is InChI=1S/C13H14BrNO3/c14-9-5-8(6-16)11-12(18-7-17-11)10(9)13(15)3-1-2-4-13/h5-6H,1-4,7,15H2. The number of carbonyl (C=O) groups excluding carboxylic acids is 1. The third-order valence-corrected chi connectivity index (χ3v) is 4.37. The first-order chi connectivity index (χ1) is 8.65. The molecule has 0 spiro atoms. The molecule has 1 aliphatic carbocycles. The van der Waals surface area contributed by atoms with E-state index < -0.39 is 0 Å². The van der Waals surface area contributed by atoms with Crippen molar-refractivity contribution in [2.24, 2.45) is 5.73 Å². The Hall–Kier alpha value is -1.07. The van der Waals surface area contributed by atoms with Crippen LogP contribution >= 0.6 is 15.9 Å². The van der Waals surface area contributed by atoms with E-state index in [0.29, 0.717) is 17.1 Å². The average Bonchev–Trinajstić information content (AvgIpc) is 2.97. The summed E-state index contributed by atoms with van der Waals surface area (Å²) in [6, 6.07) is 1.77. The monoisotopic (exact) mass is 311 g/mol. The lowest BCUT2D eigenvalue weighted by molar-refractivity contribution is 0.111. The Morgan fingerprint density at radius 1 is 1.28 bits per heavy atom. The lowest BCUT2D eigenvalue weighted by atomic mass is 9.87. The van der Waals surface area contributed by atoms with Gasteiger partial charge in [0, 0.05) is 15.6 Å². The second-order valence-corrected chi connectivity index (χ2v) is 5.72. The number of ether oxygens (including phenoxy) is 2. The Balaban J connectivity index is 2.21. The predicted molar refractivity (Wildman–Crippen MR) is 70.0 cm³/mol. The molecule has 18 heavy (non-hydrogen) atoms. The number of benzene rings is 1. The van der Waals surface area contributed by atoms with Gasteiger partial charge in [0.15, 0.2) is 17.8 Å². The summed E-state index contributed by atoms with van der Waals surface area (Å²) in [5.41, 5.74) is 7.56. The van der Waals surface area contributed by atoms with Crippen LogP contribution in [0.15, 0.2) is 10.5 Å². The first kappa shape index (κ1) is 12.0. The highest BCUT2D eigenvalue weighted by atomic mass is 79.9. The van der Waals surface area contributed by atoms with Crippen LogP contribution in [0.2, 0.25) is 0 Å². The van der Waals surface area contributed by atoms with Gasteiger partial charge >= 0.3 is 0 Å². The topological polar surface area (TPSA) is 61.6 Å². The molecule has 3 rings (SSSR count). The molecule has 0 aromatic heterocycles. The van der Waals surface area contributed by atoms with Gasteiger partial charge in [-0.1, -0.05) is 28.8 Å². The molecule has 0 amide bonds. The summed E-state index contributed by atoms with van der Waals surface area (Å²) in [6.07, 6.45) is 4.88. The van der Waals surface area contributed by atoms with Crippen LogP contribution in [-0.2, 0) is 5.54 Å². The molecule has 0 radical (unpaired) electrons. The van der Waals surface area contributed by atoms with Gasteiger partial charge in [-0.3, -0.25) is 4.79 Å². The van der Waals surface area contributed by atoms with Crippen LogP contribution in [-0.4, -0.2) is 13.1 Å². The van der Waals surface area contributed by atoms with E-state index in [1.54, 1.807) is 6.07 Å². The van der Waals surface area contributed by atoms with Crippen LogP contribution in [0.1, 0.15) is 41.6 Å². The van der Waals surface area contributed by atoms with Gasteiger partial charge in [-0.25, -0.2) is 0 Å². The number of carbonyl (C=O) groups is 1. The molecule has 1 aromatic carbocycles. The van der Waals surface area contributed by atoms with Gasteiger partial charge in [0.05, 0.1) is 5.56 Å². The number of aldehydes is 1. The third-order valence-electron chi connectivity index (χ3n) is 3.74. The summed E-state index contributed by atoms with van der Waals surface area (Å²) in [4.78, 5) is 11.0. The summed E-state index contributed by atoms with van der Waals surface area (Å²) in [5.74, 6) is 1.16. The average molecular weight is 312 g/mol. The van der Waals surface area contributed by atoms with E-state index in [1.807, 2.05) is 0 Å². The van der Waals surface area contributed by atoms with Gasteiger partial charge in [0.1, 0.15) is 0 Å². The Morgan fingerprint density at radius 2 is 1.94 bits per heavy atom.